The summed E-state index contributed by atoms with van der Waals surface area (Å²) in [4.78, 5) is 14.7. The first-order valence-corrected chi connectivity index (χ1v) is 6.45. The molecule has 0 unspecified atom stereocenters. The molecule has 0 amide bonds. The summed E-state index contributed by atoms with van der Waals surface area (Å²) in [6, 6.07) is 9.49. The monoisotopic (exact) mass is 268 g/mol. The van der Waals surface area contributed by atoms with Crippen molar-refractivity contribution in [2.24, 2.45) is 0 Å². The van der Waals surface area contributed by atoms with Crippen LogP contribution in [-0.2, 0) is 0 Å². The Morgan fingerprint density at radius 1 is 1.30 bits per heavy atom. The van der Waals surface area contributed by atoms with Gasteiger partial charge in [-0.05, 0) is 44.0 Å². The van der Waals surface area contributed by atoms with Crippen LogP contribution in [0.5, 0.6) is 5.75 Å². The van der Waals surface area contributed by atoms with Gasteiger partial charge in [0.15, 0.2) is 0 Å². The lowest BCUT2D eigenvalue weighted by Gasteiger charge is -2.11. The molecule has 20 heavy (non-hydrogen) atoms. The molecule has 0 aliphatic carbocycles. The smallest absolute Gasteiger partial charge is 0.266 e. The zero-order valence-electron chi connectivity index (χ0n) is 11.8. The summed E-state index contributed by atoms with van der Waals surface area (Å²) in [6.07, 6.45) is 0. The number of pyridine rings is 1. The summed E-state index contributed by atoms with van der Waals surface area (Å²) in [5, 5.41) is 9.01. The van der Waals surface area contributed by atoms with E-state index >= 15 is 0 Å². The van der Waals surface area contributed by atoms with Gasteiger partial charge in [-0.15, -0.1) is 0 Å². The number of ether oxygens (including phenoxy) is 1. The van der Waals surface area contributed by atoms with Gasteiger partial charge in [0.05, 0.1) is 12.3 Å². The number of H-pyrrole nitrogens is 1. The van der Waals surface area contributed by atoms with Crippen molar-refractivity contribution in [2.45, 2.75) is 20.8 Å². The first-order chi connectivity index (χ1) is 9.58. The fourth-order valence-corrected chi connectivity index (χ4v) is 2.15. The highest BCUT2D eigenvalue weighted by atomic mass is 16.5. The molecule has 0 radical (unpaired) electrons. The Morgan fingerprint density at radius 2 is 2.05 bits per heavy atom. The Bertz CT molecular complexity index is 739. The van der Waals surface area contributed by atoms with E-state index in [0.29, 0.717) is 12.2 Å². The number of nitrogens with one attached hydrogen (secondary N) is 1. The minimum atomic E-state index is -0.354. The van der Waals surface area contributed by atoms with Crippen LogP contribution in [0.1, 0.15) is 23.6 Å². The molecular formula is C16H16N2O2. The van der Waals surface area contributed by atoms with Crippen molar-refractivity contribution >= 4 is 0 Å². The molecule has 0 saturated carbocycles. The van der Waals surface area contributed by atoms with E-state index in [1.807, 2.05) is 44.2 Å². The SMILES string of the molecule is CCOc1cccc(-c2[nH]c(=O)c(C#N)c(C)c2C)c1. The number of aromatic nitrogens is 1. The van der Waals surface area contributed by atoms with Gasteiger partial charge < -0.3 is 9.72 Å². The second kappa shape index (κ2) is 5.62. The van der Waals surface area contributed by atoms with Gasteiger partial charge in [0.25, 0.3) is 5.56 Å². The zero-order valence-corrected chi connectivity index (χ0v) is 11.8. The number of benzene rings is 1. The minimum Gasteiger partial charge on any atom is -0.494 e. The second-order valence-electron chi connectivity index (χ2n) is 4.53. The van der Waals surface area contributed by atoms with Gasteiger partial charge in [0.2, 0.25) is 0 Å². The third-order valence-corrected chi connectivity index (χ3v) is 3.32. The summed E-state index contributed by atoms with van der Waals surface area (Å²) in [7, 11) is 0. The summed E-state index contributed by atoms with van der Waals surface area (Å²) in [5.41, 5.74) is 3.04. The zero-order chi connectivity index (χ0) is 14.7. The number of hydrogen-bond acceptors (Lipinski definition) is 3. The van der Waals surface area contributed by atoms with Crippen LogP contribution in [0, 0.1) is 25.2 Å². The van der Waals surface area contributed by atoms with Crippen LogP contribution in [0.3, 0.4) is 0 Å². The molecule has 102 valence electrons. The topological polar surface area (TPSA) is 65.9 Å². The summed E-state index contributed by atoms with van der Waals surface area (Å²) < 4.78 is 5.47. The first-order valence-electron chi connectivity index (χ1n) is 6.45. The molecule has 0 atom stereocenters. The van der Waals surface area contributed by atoms with Crippen LogP contribution in [0.4, 0.5) is 0 Å². The molecule has 0 bridgehead atoms. The molecule has 1 aromatic heterocycles. The van der Waals surface area contributed by atoms with Crippen molar-refractivity contribution < 1.29 is 4.74 Å². The van der Waals surface area contributed by atoms with E-state index in [1.165, 1.54) is 0 Å². The molecule has 4 nitrogen and oxygen atoms in total. The predicted octanol–water partition coefficient (Wildman–Crippen LogP) is 2.93. The molecule has 2 aromatic rings. The molecule has 2 rings (SSSR count). The lowest BCUT2D eigenvalue weighted by Crippen LogP contribution is -2.15. The molecule has 0 aliphatic heterocycles. The Hall–Kier alpha value is -2.54. The maximum absolute atomic E-state index is 11.9. The van der Waals surface area contributed by atoms with E-state index in [2.05, 4.69) is 4.98 Å². The van der Waals surface area contributed by atoms with Crippen molar-refractivity contribution in [3.8, 4) is 23.1 Å². The molecule has 1 heterocycles. The number of rotatable bonds is 3. The number of hydrogen-bond donors (Lipinski definition) is 1. The Morgan fingerprint density at radius 3 is 2.70 bits per heavy atom. The standard InChI is InChI=1S/C16H16N2O2/c1-4-20-13-7-5-6-12(8-13)15-11(3)10(2)14(9-17)16(19)18-15/h5-8H,4H2,1-3H3,(H,18,19). The van der Waals surface area contributed by atoms with Gasteiger partial charge in [0, 0.05) is 5.56 Å². The van der Waals surface area contributed by atoms with Gasteiger partial charge in [-0.3, -0.25) is 4.79 Å². The number of aromatic amines is 1. The van der Waals surface area contributed by atoms with Crippen molar-refractivity contribution in [2.75, 3.05) is 6.61 Å². The fraction of sp³-hybridized carbons (Fsp3) is 0.250. The van der Waals surface area contributed by atoms with Crippen LogP contribution in [-0.4, -0.2) is 11.6 Å². The van der Waals surface area contributed by atoms with E-state index in [4.69, 9.17) is 10.00 Å². The van der Waals surface area contributed by atoms with Crippen LogP contribution < -0.4 is 10.3 Å². The summed E-state index contributed by atoms with van der Waals surface area (Å²) in [6.45, 7) is 6.20. The highest BCUT2D eigenvalue weighted by Gasteiger charge is 2.12. The Labute approximate surface area is 117 Å². The average Bonchev–Trinajstić information content (AvgIpc) is 2.44. The number of nitrogens with zero attached hydrogens (tertiary/aromatic N) is 1. The van der Waals surface area contributed by atoms with E-state index in [9.17, 15) is 4.79 Å². The van der Waals surface area contributed by atoms with E-state index < -0.39 is 0 Å². The molecule has 1 N–H and O–H groups in total. The van der Waals surface area contributed by atoms with Gasteiger partial charge in [-0.2, -0.15) is 5.26 Å². The maximum atomic E-state index is 11.9. The Kier molecular flexibility index (Phi) is 3.90. The summed E-state index contributed by atoms with van der Waals surface area (Å²) in [5.74, 6) is 0.757. The fourth-order valence-electron chi connectivity index (χ4n) is 2.15. The van der Waals surface area contributed by atoms with E-state index in [0.717, 1.165) is 22.6 Å². The second-order valence-corrected chi connectivity index (χ2v) is 4.53. The van der Waals surface area contributed by atoms with E-state index in [-0.39, 0.29) is 11.1 Å². The predicted molar refractivity (Wildman–Crippen MR) is 77.9 cm³/mol. The van der Waals surface area contributed by atoms with E-state index in [1.54, 1.807) is 6.92 Å². The summed E-state index contributed by atoms with van der Waals surface area (Å²) >= 11 is 0. The van der Waals surface area contributed by atoms with Gasteiger partial charge in [-0.1, -0.05) is 12.1 Å². The lowest BCUT2D eigenvalue weighted by atomic mass is 10.00. The maximum Gasteiger partial charge on any atom is 0.266 e. The van der Waals surface area contributed by atoms with Crippen molar-refractivity contribution in [1.82, 2.24) is 4.98 Å². The highest BCUT2D eigenvalue weighted by Crippen LogP contribution is 2.26. The first kappa shape index (κ1) is 13.9. The van der Waals surface area contributed by atoms with Crippen molar-refractivity contribution in [3.05, 3.63) is 51.3 Å². The quantitative estimate of drug-likeness (QED) is 0.930. The average molecular weight is 268 g/mol. The highest BCUT2D eigenvalue weighted by molar-refractivity contribution is 5.67. The third kappa shape index (κ3) is 2.43. The molecule has 0 aliphatic rings. The lowest BCUT2D eigenvalue weighted by molar-refractivity contribution is 0.340. The third-order valence-electron chi connectivity index (χ3n) is 3.32. The molecule has 0 spiro atoms. The van der Waals surface area contributed by atoms with Gasteiger partial charge in [0.1, 0.15) is 17.4 Å². The molecular weight excluding hydrogens is 252 g/mol. The molecule has 1 aromatic carbocycles. The minimum absolute atomic E-state index is 0.173. The van der Waals surface area contributed by atoms with Crippen LogP contribution in [0.15, 0.2) is 29.1 Å². The van der Waals surface area contributed by atoms with Gasteiger partial charge in [-0.25, -0.2) is 0 Å². The van der Waals surface area contributed by atoms with Crippen LogP contribution >= 0.6 is 0 Å². The normalized spacial score (nSPS) is 10.1. The number of nitriles is 1. The molecule has 0 saturated heterocycles. The van der Waals surface area contributed by atoms with Crippen LogP contribution in [0.2, 0.25) is 0 Å². The van der Waals surface area contributed by atoms with Crippen molar-refractivity contribution in [1.29, 1.82) is 5.26 Å². The Balaban J connectivity index is 2.62. The van der Waals surface area contributed by atoms with Crippen LogP contribution in [0.25, 0.3) is 11.3 Å². The van der Waals surface area contributed by atoms with Gasteiger partial charge >= 0.3 is 0 Å². The molecule has 4 heteroatoms. The van der Waals surface area contributed by atoms with Crippen molar-refractivity contribution in [3.63, 3.8) is 0 Å². The largest absolute Gasteiger partial charge is 0.494 e. The molecule has 0 fully saturated rings.